The molecule has 0 aliphatic heterocycles. The second kappa shape index (κ2) is 10.7. The number of ether oxygens (including phenoxy) is 1. The average molecular weight is 364 g/mol. The molecule has 0 saturated heterocycles. The molecule has 3 N–H and O–H groups in total. The molecule has 1 amide bonds. The summed E-state index contributed by atoms with van der Waals surface area (Å²) >= 11 is 0. The number of nitrogens with one attached hydrogen (secondary N) is 3. The normalized spacial score (nSPS) is 12.0. The van der Waals surface area contributed by atoms with Crippen molar-refractivity contribution in [3.63, 3.8) is 0 Å². The number of rotatable bonds is 8. The summed E-state index contributed by atoms with van der Waals surface area (Å²) in [7, 11) is 5.71. The van der Waals surface area contributed by atoms with Gasteiger partial charge in [-0.3, -0.25) is 9.79 Å². The van der Waals surface area contributed by atoms with Crippen LogP contribution in [0.3, 0.4) is 0 Å². The van der Waals surface area contributed by atoms with Gasteiger partial charge in [-0.05, 0) is 40.9 Å². The molecule has 26 heavy (non-hydrogen) atoms. The van der Waals surface area contributed by atoms with Crippen LogP contribution < -0.4 is 20.7 Å². The third-order valence-electron chi connectivity index (χ3n) is 3.37. The molecule has 1 aromatic carbocycles. The maximum Gasteiger partial charge on any atom is 0.239 e. The minimum absolute atomic E-state index is 0.0760. The summed E-state index contributed by atoms with van der Waals surface area (Å²) < 4.78 is 5.86. The predicted octanol–water partition coefficient (Wildman–Crippen LogP) is 1.21. The predicted molar refractivity (Wildman–Crippen MR) is 107 cm³/mol. The minimum atomic E-state index is -0.251. The van der Waals surface area contributed by atoms with Gasteiger partial charge < -0.3 is 25.6 Å². The van der Waals surface area contributed by atoms with Gasteiger partial charge in [0, 0.05) is 31.2 Å². The standard InChI is InChI=1S/C19H33N5O2/c1-19(2,3)23-17(25)14-22-18(20-4)21-13-15-9-7-8-10-16(15)26-12-11-24(5)6/h7-10H,11-14H2,1-6H3,(H,23,25)(H2,20,21,22). The number of amides is 1. The minimum Gasteiger partial charge on any atom is -0.492 e. The number of hydrogen-bond acceptors (Lipinski definition) is 4. The summed E-state index contributed by atoms with van der Waals surface area (Å²) in [6, 6.07) is 7.90. The second-order valence-electron chi connectivity index (χ2n) is 7.34. The molecule has 0 bridgehead atoms. The fourth-order valence-electron chi connectivity index (χ4n) is 2.15. The zero-order valence-electron chi connectivity index (χ0n) is 16.8. The molecule has 0 radical (unpaired) electrons. The van der Waals surface area contributed by atoms with Crippen molar-refractivity contribution in [3.05, 3.63) is 29.8 Å². The van der Waals surface area contributed by atoms with E-state index >= 15 is 0 Å². The fraction of sp³-hybridized carbons (Fsp3) is 0.579. The summed E-state index contributed by atoms with van der Waals surface area (Å²) in [5, 5.41) is 9.14. The Morgan fingerprint density at radius 2 is 1.88 bits per heavy atom. The average Bonchev–Trinajstić information content (AvgIpc) is 2.54. The molecular weight excluding hydrogens is 330 g/mol. The van der Waals surface area contributed by atoms with E-state index in [4.69, 9.17) is 4.74 Å². The van der Waals surface area contributed by atoms with Gasteiger partial charge in [0.2, 0.25) is 5.91 Å². The third kappa shape index (κ3) is 9.27. The molecule has 1 rings (SSSR count). The van der Waals surface area contributed by atoms with Crippen molar-refractivity contribution in [2.75, 3.05) is 40.8 Å². The first-order valence-electron chi connectivity index (χ1n) is 8.82. The number of guanidine groups is 1. The Kier molecular flexibility index (Phi) is 8.92. The van der Waals surface area contributed by atoms with Gasteiger partial charge in [0.15, 0.2) is 5.96 Å². The van der Waals surface area contributed by atoms with E-state index in [2.05, 4.69) is 25.8 Å². The van der Waals surface area contributed by atoms with Crippen LogP contribution in [0.1, 0.15) is 26.3 Å². The molecule has 0 aliphatic carbocycles. The second-order valence-corrected chi connectivity index (χ2v) is 7.34. The summed E-state index contributed by atoms with van der Waals surface area (Å²) in [4.78, 5) is 18.1. The first-order valence-corrected chi connectivity index (χ1v) is 8.82. The van der Waals surface area contributed by atoms with Crippen LogP contribution in [0.15, 0.2) is 29.3 Å². The largest absolute Gasteiger partial charge is 0.492 e. The number of nitrogens with zero attached hydrogens (tertiary/aromatic N) is 2. The Morgan fingerprint density at radius 3 is 2.50 bits per heavy atom. The number of para-hydroxylation sites is 1. The number of hydrogen-bond donors (Lipinski definition) is 3. The highest BCUT2D eigenvalue weighted by Crippen LogP contribution is 2.17. The molecule has 7 nitrogen and oxygen atoms in total. The summed E-state index contributed by atoms with van der Waals surface area (Å²) in [6.45, 7) is 8.05. The Balaban J connectivity index is 2.52. The highest BCUT2D eigenvalue weighted by Gasteiger charge is 2.13. The van der Waals surface area contributed by atoms with Gasteiger partial charge >= 0.3 is 0 Å². The molecule has 0 unspecified atom stereocenters. The highest BCUT2D eigenvalue weighted by molar-refractivity contribution is 5.86. The first-order chi connectivity index (χ1) is 12.2. The van der Waals surface area contributed by atoms with Crippen molar-refractivity contribution in [3.8, 4) is 5.75 Å². The molecule has 0 heterocycles. The lowest BCUT2D eigenvalue weighted by Crippen LogP contribution is -2.48. The van der Waals surface area contributed by atoms with Gasteiger partial charge in [-0.2, -0.15) is 0 Å². The number of carbonyl (C=O) groups excluding carboxylic acids is 1. The number of aliphatic imine (C=N–C) groups is 1. The van der Waals surface area contributed by atoms with E-state index in [1.165, 1.54) is 0 Å². The van der Waals surface area contributed by atoms with Gasteiger partial charge in [0.05, 0.1) is 6.54 Å². The van der Waals surface area contributed by atoms with Crippen molar-refractivity contribution in [2.24, 2.45) is 4.99 Å². The molecule has 0 atom stereocenters. The van der Waals surface area contributed by atoms with Crippen LogP contribution in [-0.2, 0) is 11.3 Å². The smallest absolute Gasteiger partial charge is 0.239 e. The highest BCUT2D eigenvalue weighted by atomic mass is 16.5. The van der Waals surface area contributed by atoms with E-state index in [0.717, 1.165) is 17.9 Å². The van der Waals surface area contributed by atoms with Gasteiger partial charge in [-0.15, -0.1) is 0 Å². The van der Waals surface area contributed by atoms with E-state index in [1.807, 2.05) is 59.1 Å². The SMILES string of the molecule is CN=C(NCC(=O)NC(C)(C)C)NCc1ccccc1OCCN(C)C. The maximum atomic E-state index is 11.9. The van der Waals surface area contributed by atoms with Crippen molar-refractivity contribution >= 4 is 11.9 Å². The van der Waals surface area contributed by atoms with Gasteiger partial charge in [0.25, 0.3) is 0 Å². The van der Waals surface area contributed by atoms with Gasteiger partial charge in [-0.1, -0.05) is 18.2 Å². The Hall–Kier alpha value is -2.28. The molecule has 0 aliphatic rings. The van der Waals surface area contributed by atoms with Gasteiger partial charge in [0.1, 0.15) is 12.4 Å². The van der Waals surface area contributed by atoms with Crippen LogP contribution in [-0.4, -0.2) is 63.1 Å². The number of likely N-dealkylation sites (N-methyl/N-ethyl adjacent to an activating group) is 1. The third-order valence-corrected chi connectivity index (χ3v) is 3.37. The monoisotopic (exact) mass is 363 g/mol. The maximum absolute atomic E-state index is 11.9. The van der Waals surface area contributed by atoms with Crippen LogP contribution in [0.25, 0.3) is 0 Å². The molecule has 7 heteroatoms. The molecule has 0 saturated carbocycles. The summed E-state index contributed by atoms with van der Waals surface area (Å²) in [6.07, 6.45) is 0. The van der Waals surface area contributed by atoms with Crippen LogP contribution >= 0.6 is 0 Å². The molecule has 146 valence electrons. The topological polar surface area (TPSA) is 78.0 Å². The molecule has 0 spiro atoms. The summed E-state index contributed by atoms with van der Waals surface area (Å²) in [5.74, 6) is 1.34. The van der Waals surface area contributed by atoms with Crippen LogP contribution in [0.5, 0.6) is 5.75 Å². The van der Waals surface area contributed by atoms with E-state index in [-0.39, 0.29) is 18.0 Å². The summed E-state index contributed by atoms with van der Waals surface area (Å²) in [5.41, 5.74) is 0.784. The van der Waals surface area contributed by atoms with E-state index in [0.29, 0.717) is 19.1 Å². The zero-order valence-corrected chi connectivity index (χ0v) is 16.8. The lowest BCUT2D eigenvalue weighted by molar-refractivity contribution is -0.121. The molecule has 0 fully saturated rings. The van der Waals surface area contributed by atoms with Crippen LogP contribution in [0, 0.1) is 0 Å². The van der Waals surface area contributed by atoms with Gasteiger partial charge in [-0.25, -0.2) is 0 Å². The Morgan fingerprint density at radius 1 is 1.19 bits per heavy atom. The quantitative estimate of drug-likeness (QED) is 0.478. The zero-order chi connectivity index (χ0) is 19.6. The van der Waals surface area contributed by atoms with Crippen molar-refractivity contribution in [1.29, 1.82) is 0 Å². The lowest BCUT2D eigenvalue weighted by atomic mass is 10.1. The number of benzene rings is 1. The van der Waals surface area contributed by atoms with Crippen LogP contribution in [0.4, 0.5) is 0 Å². The fourth-order valence-corrected chi connectivity index (χ4v) is 2.15. The van der Waals surface area contributed by atoms with Crippen molar-refractivity contribution < 1.29 is 9.53 Å². The van der Waals surface area contributed by atoms with E-state index in [1.54, 1.807) is 7.05 Å². The Labute approximate surface area is 157 Å². The Bertz CT molecular complexity index is 594. The number of carbonyl (C=O) groups is 1. The van der Waals surface area contributed by atoms with E-state index in [9.17, 15) is 4.79 Å². The molecule has 0 aromatic heterocycles. The van der Waals surface area contributed by atoms with Crippen LogP contribution in [0.2, 0.25) is 0 Å². The van der Waals surface area contributed by atoms with Crippen molar-refractivity contribution in [2.45, 2.75) is 32.9 Å². The molecular formula is C19H33N5O2. The first kappa shape index (κ1) is 21.8. The van der Waals surface area contributed by atoms with Crippen molar-refractivity contribution in [1.82, 2.24) is 20.9 Å². The molecule has 1 aromatic rings. The lowest BCUT2D eigenvalue weighted by Gasteiger charge is -2.21. The van der Waals surface area contributed by atoms with E-state index < -0.39 is 0 Å².